The minimum Gasteiger partial charge on any atom is -0.492 e. The van der Waals surface area contributed by atoms with E-state index in [9.17, 15) is 0 Å². The number of anilines is 2. The molecule has 0 atom stereocenters. The van der Waals surface area contributed by atoms with Gasteiger partial charge in [0.15, 0.2) is 5.75 Å². The van der Waals surface area contributed by atoms with Gasteiger partial charge >= 0.3 is 0 Å². The van der Waals surface area contributed by atoms with Crippen molar-refractivity contribution in [2.24, 2.45) is 5.92 Å². The zero-order valence-electron chi connectivity index (χ0n) is 9.49. The van der Waals surface area contributed by atoms with Gasteiger partial charge in [-0.2, -0.15) is 5.26 Å². The average molecular weight is 237 g/mol. The summed E-state index contributed by atoms with van der Waals surface area (Å²) in [6.45, 7) is 1.02. The van der Waals surface area contributed by atoms with Crippen molar-refractivity contribution in [2.45, 2.75) is 12.8 Å². The lowest BCUT2D eigenvalue weighted by Gasteiger charge is -2.18. The topological polar surface area (TPSA) is 62.3 Å². The van der Waals surface area contributed by atoms with Crippen LogP contribution in [0.15, 0.2) is 0 Å². The van der Waals surface area contributed by atoms with Crippen LogP contribution in [0.4, 0.5) is 10.7 Å². The number of methoxy groups -OCH3 is 1. The van der Waals surface area contributed by atoms with E-state index >= 15 is 0 Å². The molecule has 1 fully saturated rings. The third kappa shape index (κ3) is 1.93. The van der Waals surface area contributed by atoms with E-state index in [4.69, 9.17) is 15.7 Å². The molecule has 0 amide bonds. The number of ether oxygens (including phenoxy) is 1. The van der Waals surface area contributed by atoms with Crippen molar-refractivity contribution in [3.8, 4) is 11.8 Å². The first-order valence-electron chi connectivity index (χ1n) is 5.24. The summed E-state index contributed by atoms with van der Waals surface area (Å²) in [6, 6.07) is 2.10. The Bertz CT molecular complexity index is 431. The highest BCUT2D eigenvalue weighted by Crippen LogP contribution is 2.45. The lowest BCUT2D eigenvalue weighted by atomic mass is 10.3. The molecule has 0 aromatic carbocycles. The molecule has 1 aromatic heterocycles. The van der Waals surface area contributed by atoms with Gasteiger partial charge in [-0.25, -0.2) is 0 Å². The predicted molar refractivity (Wildman–Crippen MR) is 66.0 cm³/mol. The lowest BCUT2D eigenvalue weighted by Crippen LogP contribution is -2.19. The SMILES string of the molecule is COc1c(N(C)CC2CC2)sc(C#N)c1N. The van der Waals surface area contributed by atoms with Crippen LogP contribution in [0.25, 0.3) is 0 Å². The van der Waals surface area contributed by atoms with Crippen molar-refractivity contribution >= 4 is 22.0 Å². The molecule has 16 heavy (non-hydrogen) atoms. The van der Waals surface area contributed by atoms with Crippen LogP contribution in [0.5, 0.6) is 5.75 Å². The molecular weight excluding hydrogens is 222 g/mol. The highest BCUT2D eigenvalue weighted by molar-refractivity contribution is 7.17. The summed E-state index contributed by atoms with van der Waals surface area (Å²) >= 11 is 1.40. The first-order valence-corrected chi connectivity index (χ1v) is 6.06. The van der Waals surface area contributed by atoms with Gasteiger partial charge in [0.2, 0.25) is 0 Å². The molecule has 0 bridgehead atoms. The molecule has 2 N–H and O–H groups in total. The minimum absolute atomic E-state index is 0.465. The van der Waals surface area contributed by atoms with Crippen LogP contribution in [0.1, 0.15) is 17.7 Å². The number of nitrogen functional groups attached to an aromatic ring is 1. The summed E-state index contributed by atoms with van der Waals surface area (Å²) < 4.78 is 5.27. The highest BCUT2D eigenvalue weighted by Gasteiger charge is 2.26. The maximum Gasteiger partial charge on any atom is 0.177 e. The van der Waals surface area contributed by atoms with E-state index in [0.717, 1.165) is 17.5 Å². The van der Waals surface area contributed by atoms with Gasteiger partial charge in [0.1, 0.15) is 21.6 Å². The fourth-order valence-corrected chi connectivity index (χ4v) is 2.68. The smallest absolute Gasteiger partial charge is 0.177 e. The molecule has 1 aliphatic carbocycles. The van der Waals surface area contributed by atoms with E-state index in [1.807, 2.05) is 7.05 Å². The molecule has 0 spiro atoms. The molecule has 1 saturated carbocycles. The second-order valence-electron chi connectivity index (χ2n) is 4.12. The number of nitrogens with zero attached hydrogens (tertiary/aromatic N) is 2. The van der Waals surface area contributed by atoms with Crippen LogP contribution >= 0.6 is 11.3 Å². The van der Waals surface area contributed by atoms with Crippen molar-refractivity contribution in [3.63, 3.8) is 0 Å². The van der Waals surface area contributed by atoms with Crippen molar-refractivity contribution < 1.29 is 4.74 Å². The van der Waals surface area contributed by atoms with Crippen molar-refractivity contribution in [1.29, 1.82) is 5.26 Å². The minimum atomic E-state index is 0.465. The van der Waals surface area contributed by atoms with E-state index in [-0.39, 0.29) is 0 Å². The predicted octanol–water partition coefficient (Wildman–Crippen LogP) is 2.06. The molecule has 2 rings (SSSR count). The first kappa shape index (κ1) is 11.1. The molecule has 0 saturated heterocycles. The maximum absolute atomic E-state index is 8.93. The third-order valence-electron chi connectivity index (χ3n) is 2.76. The molecule has 0 aliphatic heterocycles. The van der Waals surface area contributed by atoms with Gasteiger partial charge in [0, 0.05) is 13.6 Å². The zero-order chi connectivity index (χ0) is 11.7. The fourth-order valence-electron chi connectivity index (χ4n) is 1.72. The van der Waals surface area contributed by atoms with E-state index in [0.29, 0.717) is 16.3 Å². The second kappa shape index (κ2) is 4.22. The molecule has 1 heterocycles. The Kier molecular flexibility index (Phi) is 2.92. The number of nitrogens with two attached hydrogens (primary N) is 1. The molecule has 1 aromatic rings. The van der Waals surface area contributed by atoms with Crippen molar-refractivity contribution in [2.75, 3.05) is 31.3 Å². The zero-order valence-corrected chi connectivity index (χ0v) is 10.3. The van der Waals surface area contributed by atoms with Gasteiger partial charge in [0.25, 0.3) is 0 Å². The van der Waals surface area contributed by atoms with Gasteiger partial charge in [0.05, 0.1) is 7.11 Å². The Morgan fingerprint density at radius 1 is 1.62 bits per heavy atom. The summed E-state index contributed by atoms with van der Waals surface area (Å²) in [5, 5.41) is 9.90. The van der Waals surface area contributed by atoms with Gasteiger partial charge in [-0.05, 0) is 18.8 Å². The molecule has 1 aliphatic rings. The quantitative estimate of drug-likeness (QED) is 0.870. The fraction of sp³-hybridized carbons (Fsp3) is 0.545. The van der Waals surface area contributed by atoms with Gasteiger partial charge in [-0.15, -0.1) is 11.3 Å². The Morgan fingerprint density at radius 3 is 2.81 bits per heavy atom. The summed E-state index contributed by atoms with van der Waals surface area (Å²) in [4.78, 5) is 2.67. The molecule has 4 nitrogen and oxygen atoms in total. The summed E-state index contributed by atoms with van der Waals surface area (Å²) in [5.41, 5.74) is 6.31. The molecular formula is C11H15N3OS. The number of hydrogen-bond acceptors (Lipinski definition) is 5. The Labute approximate surface area is 99.2 Å². The first-order chi connectivity index (χ1) is 7.67. The second-order valence-corrected chi connectivity index (χ2v) is 5.12. The van der Waals surface area contributed by atoms with Gasteiger partial charge in [-0.1, -0.05) is 0 Å². The van der Waals surface area contributed by atoms with Crippen molar-refractivity contribution in [3.05, 3.63) is 4.88 Å². The third-order valence-corrected chi connectivity index (χ3v) is 3.97. The standard InChI is InChI=1S/C11H15N3OS/c1-14(6-7-3-4-7)11-10(15-2)9(13)8(5-12)16-11/h7H,3-4,6,13H2,1-2H3. The monoisotopic (exact) mass is 237 g/mol. The van der Waals surface area contributed by atoms with Crippen molar-refractivity contribution in [1.82, 2.24) is 0 Å². The number of rotatable bonds is 4. The molecule has 0 unspecified atom stereocenters. The van der Waals surface area contributed by atoms with Crippen LogP contribution < -0.4 is 15.4 Å². The van der Waals surface area contributed by atoms with E-state index in [2.05, 4.69) is 11.0 Å². The van der Waals surface area contributed by atoms with E-state index in [1.54, 1.807) is 7.11 Å². The molecule has 5 heteroatoms. The summed E-state index contributed by atoms with van der Waals surface area (Å²) in [5.74, 6) is 1.44. The van der Waals surface area contributed by atoms with Gasteiger partial charge < -0.3 is 15.4 Å². The summed E-state index contributed by atoms with van der Waals surface area (Å²) in [6.07, 6.45) is 2.61. The normalized spacial score (nSPS) is 14.6. The summed E-state index contributed by atoms with van der Waals surface area (Å²) in [7, 11) is 3.61. The van der Waals surface area contributed by atoms with Crippen LogP contribution in [0.3, 0.4) is 0 Å². The van der Waals surface area contributed by atoms with Gasteiger partial charge in [-0.3, -0.25) is 0 Å². The molecule has 0 radical (unpaired) electrons. The van der Waals surface area contributed by atoms with E-state index in [1.165, 1.54) is 24.2 Å². The number of hydrogen-bond donors (Lipinski definition) is 1. The van der Waals surface area contributed by atoms with Crippen LogP contribution in [0.2, 0.25) is 0 Å². The maximum atomic E-state index is 8.93. The Hall–Kier alpha value is -1.41. The van der Waals surface area contributed by atoms with Crippen LogP contribution in [0, 0.1) is 17.2 Å². The van der Waals surface area contributed by atoms with E-state index < -0.39 is 0 Å². The van der Waals surface area contributed by atoms with Crippen LogP contribution in [-0.2, 0) is 0 Å². The largest absolute Gasteiger partial charge is 0.492 e. The number of nitriles is 1. The number of thiophene rings is 1. The average Bonchev–Trinajstić information content (AvgIpc) is 3.01. The highest BCUT2D eigenvalue weighted by atomic mass is 32.1. The Balaban J connectivity index is 2.27. The Morgan fingerprint density at radius 2 is 2.31 bits per heavy atom. The molecule has 86 valence electrons. The van der Waals surface area contributed by atoms with Crippen LogP contribution in [-0.4, -0.2) is 20.7 Å². The lowest BCUT2D eigenvalue weighted by molar-refractivity contribution is 0.418.